The maximum Gasteiger partial charge on any atom is 0.131 e. The maximum absolute atomic E-state index is 13.9. The van der Waals surface area contributed by atoms with Gasteiger partial charge in [0.2, 0.25) is 0 Å². The summed E-state index contributed by atoms with van der Waals surface area (Å²) in [5.41, 5.74) is 0.877. The fraction of sp³-hybridized carbons (Fsp3) is 0.600. The Morgan fingerprint density at radius 1 is 1.47 bits per heavy atom. The third-order valence-electron chi connectivity index (χ3n) is 3.99. The van der Waals surface area contributed by atoms with Crippen molar-refractivity contribution >= 4 is 0 Å². The summed E-state index contributed by atoms with van der Waals surface area (Å²) in [6, 6.07) is 5.09. The lowest BCUT2D eigenvalue weighted by Crippen LogP contribution is -2.58. The number of halogens is 1. The molecule has 0 radical (unpaired) electrons. The van der Waals surface area contributed by atoms with Crippen molar-refractivity contribution in [3.8, 4) is 5.75 Å². The molecule has 2 rings (SSSR count). The van der Waals surface area contributed by atoms with Gasteiger partial charge in [-0.2, -0.15) is 0 Å². The van der Waals surface area contributed by atoms with Crippen LogP contribution in [0.1, 0.15) is 25.8 Å². The average molecular weight is 266 g/mol. The summed E-state index contributed by atoms with van der Waals surface area (Å²) in [6.45, 7) is 7.94. The summed E-state index contributed by atoms with van der Waals surface area (Å²) in [6.07, 6.45) is 1.08. The van der Waals surface area contributed by atoms with Crippen molar-refractivity contribution in [2.45, 2.75) is 32.4 Å². The van der Waals surface area contributed by atoms with Crippen molar-refractivity contribution in [1.82, 2.24) is 10.2 Å². The number of rotatable bonds is 4. The van der Waals surface area contributed by atoms with E-state index in [1.807, 2.05) is 12.1 Å². The Bertz CT molecular complexity index is 438. The van der Waals surface area contributed by atoms with Gasteiger partial charge in [0.1, 0.15) is 11.6 Å². The zero-order valence-electron chi connectivity index (χ0n) is 12.0. The number of methoxy groups -OCH3 is 1. The third kappa shape index (κ3) is 3.45. The first kappa shape index (κ1) is 14.3. The van der Waals surface area contributed by atoms with Crippen LogP contribution in [-0.2, 0) is 6.54 Å². The molecule has 0 bridgehead atoms. The van der Waals surface area contributed by atoms with Crippen molar-refractivity contribution in [2.24, 2.45) is 0 Å². The topological polar surface area (TPSA) is 24.5 Å². The molecule has 106 valence electrons. The van der Waals surface area contributed by atoms with Crippen LogP contribution < -0.4 is 10.1 Å². The highest BCUT2D eigenvalue weighted by molar-refractivity contribution is 5.28. The van der Waals surface area contributed by atoms with Crippen molar-refractivity contribution < 1.29 is 9.13 Å². The van der Waals surface area contributed by atoms with Crippen LogP contribution >= 0.6 is 0 Å². The van der Waals surface area contributed by atoms with Gasteiger partial charge in [-0.25, -0.2) is 4.39 Å². The van der Waals surface area contributed by atoms with Crippen LogP contribution in [0.4, 0.5) is 4.39 Å². The monoisotopic (exact) mass is 266 g/mol. The first-order valence-corrected chi connectivity index (χ1v) is 6.86. The lowest BCUT2D eigenvalue weighted by molar-refractivity contribution is 0.132. The lowest BCUT2D eigenvalue weighted by Gasteiger charge is -2.41. The Balaban J connectivity index is 2.04. The number of nitrogens with one attached hydrogen (secondary N) is 1. The normalized spacial score (nSPS) is 24.4. The second-order valence-corrected chi connectivity index (χ2v) is 5.51. The van der Waals surface area contributed by atoms with Crippen LogP contribution in [0.25, 0.3) is 0 Å². The molecule has 1 aliphatic rings. The van der Waals surface area contributed by atoms with Gasteiger partial charge in [0.25, 0.3) is 0 Å². The molecule has 0 amide bonds. The van der Waals surface area contributed by atoms with Gasteiger partial charge in [-0.15, -0.1) is 0 Å². The molecule has 3 nitrogen and oxygen atoms in total. The van der Waals surface area contributed by atoms with Gasteiger partial charge in [-0.1, -0.05) is 13.0 Å². The molecule has 1 aliphatic heterocycles. The van der Waals surface area contributed by atoms with E-state index in [0.717, 1.165) is 31.6 Å². The molecule has 4 heteroatoms. The Morgan fingerprint density at radius 2 is 2.26 bits per heavy atom. The van der Waals surface area contributed by atoms with Crippen LogP contribution in [0.5, 0.6) is 5.75 Å². The number of nitrogens with zero attached hydrogens (tertiary/aromatic N) is 1. The summed E-state index contributed by atoms with van der Waals surface area (Å²) >= 11 is 0. The fourth-order valence-corrected chi connectivity index (χ4v) is 2.54. The van der Waals surface area contributed by atoms with Gasteiger partial charge in [0.05, 0.1) is 7.11 Å². The van der Waals surface area contributed by atoms with Gasteiger partial charge < -0.3 is 10.1 Å². The number of hydrogen-bond donors (Lipinski definition) is 1. The standard InChI is InChI=1S/C15H23FN2O/c1-4-15(2)11-18(8-7-17-15)10-12-5-6-13(19-3)9-14(12)16/h5-6,9,17H,4,7-8,10-11H2,1-3H3. The molecule has 1 N–H and O–H groups in total. The summed E-state index contributed by atoms with van der Waals surface area (Å²) in [4.78, 5) is 2.31. The Kier molecular flexibility index (Phi) is 4.42. The molecule has 1 heterocycles. The van der Waals surface area contributed by atoms with E-state index in [9.17, 15) is 4.39 Å². The molecule has 1 saturated heterocycles. The van der Waals surface area contributed by atoms with Crippen molar-refractivity contribution in [1.29, 1.82) is 0 Å². The largest absolute Gasteiger partial charge is 0.497 e. The van der Waals surface area contributed by atoms with Gasteiger partial charge in [-0.05, 0) is 19.4 Å². The Hall–Kier alpha value is -1.13. The second kappa shape index (κ2) is 5.88. The molecule has 19 heavy (non-hydrogen) atoms. The molecular weight excluding hydrogens is 243 g/mol. The Morgan fingerprint density at radius 3 is 2.89 bits per heavy atom. The predicted octanol–water partition coefficient (Wildman–Crippen LogP) is 2.41. The molecule has 0 aromatic heterocycles. The third-order valence-corrected chi connectivity index (χ3v) is 3.99. The zero-order chi connectivity index (χ0) is 13.9. The van der Waals surface area contributed by atoms with Crippen LogP contribution in [-0.4, -0.2) is 37.2 Å². The van der Waals surface area contributed by atoms with E-state index in [2.05, 4.69) is 24.1 Å². The predicted molar refractivity (Wildman–Crippen MR) is 74.9 cm³/mol. The van der Waals surface area contributed by atoms with E-state index in [0.29, 0.717) is 12.3 Å². The van der Waals surface area contributed by atoms with E-state index in [4.69, 9.17) is 4.74 Å². The quantitative estimate of drug-likeness (QED) is 0.905. The van der Waals surface area contributed by atoms with E-state index in [1.165, 1.54) is 6.07 Å². The second-order valence-electron chi connectivity index (χ2n) is 5.51. The first-order chi connectivity index (χ1) is 9.06. The van der Waals surface area contributed by atoms with Gasteiger partial charge in [-0.3, -0.25) is 4.90 Å². The molecule has 1 unspecified atom stereocenters. The lowest BCUT2D eigenvalue weighted by atomic mass is 9.95. The van der Waals surface area contributed by atoms with E-state index in [-0.39, 0.29) is 11.4 Å². The molecule has 1 aromatic carbocycles. The van der Waals surface area contributed by atoms with Crippen LogP contribution in [0.2, 0.25) is 0 Å². The van der Waals surface area contributed by atoms with Crippen LogP contribution in [0, 0.1) is 5.82 Å². The minimum Gasteiger partial charge on any atom is -0.497 e. The highest BCUT2D eigenvalue weighted by Crippen LogP contribution is 2.21. The number of hydrogen-bond acceptors (Lipinski definition) is 3. The summed E-state index contributed by atoms with van der Waals surface area (Å²) in [5.74, 6) is 0.385. The van der Waals surface area contributed by atoms with Gasteiger partial charge in [0.15, 0.2) is 0 Å². The smallest absolute Gasteiger partial charge is 0.131 e. The Labute approximate surface area is 114 Å². The molecular formula is C15H23FN2O. The number of ether oxygens (including phenoxy) is 1. The molecule has 0 spiro atoms. The molecule has 1 fully saturated rings. The number of piperazine rings is 1. The summed E-state index contributed by atoms with van der Waals surface area (Å²) in [5, 5.41) is 3.54. The van der Waals surface area contributed by atoms with Gasteiger partial charge >= 0.3 is 0 Å². The summed E-state index contributed by atoms with van der Waals surface area (Å²) in [7, 11) is 1.55. The van der Waals surface area contributed by atoms with Crippen LogP contribution in [0.3, 0.4) is 0 Å². The van der Waals surface area contributed by atoms with E-state index in [1.54, 1.807) is 7.11 Å². The molecule has 0 saturated carbocycles. The average Bonchev–Trinajstić information content (AvgIpc) is 2.41. The van der Waals surface area contributed by atoms with Crippen LogP contribution in [0.15, 0.2) is 18.2 Å². The summed E-state index contributed by atoms with van der Waals surface area (Å²) < 4.78 is 19.0. The van der Waals surface area contributed by atoms with Crippen molar-refractivity contribution in [2.75, 3.05) is 26.7 Å². The van der Waals surface area contributed by atoms with Gasteiger partial charge in [0, 0.05) is 43.3 Å². The maximum atomic E-state index is 13.9. The first-order valence-electron chi connectivity index (χ1n) is 6.86. The van der Waals surface area contributed by atoms with E-state index < -0.39 is 0 Å². The molecule has 0 aliphatic carbocycles. The highest BCUT2D eigenvalue weighted by atomic mass is 19.1. The minimum atomic E-state index is -0.184. The zero-order valence-corrected chi connectivity index (χ0v) is 12.0. The molecule has 1 aromatic rings. The number of benzene rings is 1. The van der Waals surface area contributed by atoms with Crippen molar-refractivity contribution in [3.05, 3.63) is 29.6 Å². The molecule has 1 atom stereocenters. The van der Waals surface area contributed by atoms with E-state index >= 15 is 0 Å². The minimum absolute atomic E-state index is 0.140. The van der Waals surface area contributed by atoms with Crippen molar-refractivity contribution in [3.63, 3.8) is 0 Å². The SMILES string of the molecule is CCC1(C)CN(Cc2ccc(OC)cc2F)CCN1. The highest BCUT2D eigenvalue weighted by Gasteiger charge is 2.28. The fourth-order valence-electron chi connectivity index (χ4n) is 2.54.